The molecule has 2 saturated heterocycles. The average molecular weight is 467 g/mol. The molecule has 1 N–H and O–H groups in total. The van der Waals surface area contributed by atoms with Crippen molar-refractivity contribution < 1.29 is 27.8 Å². The van der Waals surface area contributed by atoms with Crippen LogP contribution in [0.5, 0.6) is 0 Å². The number of rotatable bonds is 3. The first kappa shape index (κ1) is 24.8. The van der Waals surface area contributed by atoms with E-state index < -0.39 is 12.1 Å². The van der Waals surface area contributed by atoms with Crippen molar-refractivity contribution in [2.24, 2.45) is 5.41 Å². The number of carbonyl (C=O) groups is 1. The summed E-state index contributed by atoms with van der Waals surface area (Å²) in [5.41, 5.74) is 2.23. The highest BCUT2D eigenvalue weighted by atomic mass is 19.4. The Morgan fingerprint density at radius 3 is 2.61 bits per heavy atom. The Kier molecular flexibility index (Phi) is 8.20. The van der Waals surface area contributed by atoms with Crippen LogP contribution in [0, 0.1) is 12.3 Å². The summed E-state index contributed by atoms with van der Waals surface area (Å²) >= 11 is 0. The molecule has 2 aliphatic heterocycles. The van der Waals surface area contributed by atoms with E-state index in [4.69, 9.17) is 14.6 Å². The number of ether oxygens (including phenoxy) is 1. The summed E-state index contributed by atoms with van der Waals surface area (Å²) in [5.74, 6) is -1.78. The maximum Gasteiger partial charge on any atom is 0.490 e. The maximum absolute atomic E-state index is 10.6. The predicted octanol–water partition coefficient (Wildman–Crippen LogP) is 2.93. The van der Waals surface area contributed by atoms with Gasteiger partial charge in [-0.1, -0.05) is 6.07 Å². The van der Waals surface area contributed by atoms with Crippen molar-refractivity contribution in [2.75, 3.05) is 44.3 Å². The minimum Gasteiger partial charge on any atom is -0.475 e. The Hall–Kier alpha value is -2.79. The van der Waals surface area contributed by atoms with Crippen molar-refractivity contribution in [1.29, 1.82) is 0 Å². The second-order valence-electron chi connectivity index (χ2n) is 8.45. The fourth-order valence-electron chi connectivity index (χ4n) is 4.15. The highest BCUT2D eigenvalue weighted by Crippen LogP contribution is 2.34. The van der Waals surface area contributed by atoms with Gasteiger partial charge in [0, 0.05) is 44.3 Å². The zero-order valence-corrected chi connectivity index (χ0v) is 18.5. The fourth-order valence-corrected chi connectivity index (χ4v) is 4.15. The van der Waals surface area contributed by atoms with E-state index in [0.717, 1.165) is 69.6 Å². The lowest BCUT2D eigenvalue weighted by Crippen LogP contribution is -2.50. The van der Waals surface area contributed by atoms with E-state index in [0.29, 0.717) is 0 Å². The van der Waals surface area contributed by atoms with E-state index in [1.807, 2.05) is 25.3 Å². The molecule has 0 saturated carbocycles. The zero-order valence-electron chi connectivity index (χ0n) is 18.5. The van der Waals surface area contributed by atoms with Gasteiger partial charge in [-0.05, 0) is 44.0 Å². The number of halogens is 3. The number of aromatic nitrogens is 3. The van der Waals surface area contributed by atoms with Crippen LogP contribution in [-0.2, 0) is 16.1 Å². The number of carboxylic acids is 1. The Morgan fingerprint density at radius 2 is 1.97 bits per heavy atom. The first-order valence-electron chi connectivity index (χ1n) is 10.7. The van der Waals surface area contributed by atoms with Crippen LogP contribution in [-0.4, -0.2) is 76.7 Å². The van der Waals surface area contributed by atoms with E-state index in [1.165, 1.54) is 6.42 Å². The number of nitrogens with zero attached hydrogens (tertiary/aromatic N) is 5. The standard InChI is InChI=1S/C20H27N5O.C2HF3O2/c1-17-6-7-19(23-22-17)25-10-4-8-20(15-25)14-24(11-12-26-16-20)13-18-5-2-3-9-21-18;3-2(4,5)1(6)7/h2-3,5-7,9H,4,8,10-16H2,1H3;(H,6,7). The van der Waals surface area contributed by atoms with Crippen LogP contribution in [0.3, 0.4) is 0 Å². The number of alkyl halides is 3. The lowest BCUT2D eigenvalue weighted by atomic mass is 9.80. The number of anilines is 1. The molecular weight excluding hydrogens is 439 g/mol. The molecule has 180 valence electrons. The van der Waals surface area contributed by atoms with Gasteiger partial charge in [0.15, 0.2) is 5.82 Å². The second kappa shape index (κ2) is 10.9. The van der Waals surface area contributed by atoms with Crippen LogP contribution in [0.1, 0.15) is 24.2 Å². The molecule has 2 aliphatic rings. The Morgan fingerprint density at radius 1 is 1.18 bits per heavy atom. The summed E-state index contributed by atoms with van der Waals surface area (Å²) < 4.78 is 37.8. The highest BCUT2D eigenvalue weighted by molar-refractivity contribution is 5.73. The third-order valence-electron chi connectivity index (χ3n) is 5.64. The van der Waals surface area contributed by atoms with Crippen molar-refractivity contribution in [2.45, 2.75) is 32.5 Å². The van der Waals surface area contributed by atoms with Crippen LogP contribution < -0.4 is 4.90 Å². The summed E-state index contributed by atoms with van der Waals surface area (Å²) in [6.45, 7) is 8.49. The van der Waals surface area contributed by atoms with Gasteiger partial charge in [-0.15, -0.1) is 5.10 Å². The van der Waals surface area contributed by atoms with Crippen molar-refractivity contribution in [1.82, 2.24) is 20.1 Å². The summed E-state index contributed by atoms with van der Waals surface area (Å²) in [5, 5.41) is 15.8. The molecule has 2 aromatic heterocycles. The van der Waals surface area contributed by atoms with Gasteiger partial charge in [0.05, 0.1) is 24.6 Å². The van der Waals surface area contributed by atoms with Crippen LogP contribution in [0.2, 0.25) is 0 Å². The summed E-state index contributed by atoms with van der Waals surface area (Å²) in [7, 11) is 0. The van der Waals surface area contributed by atoms with Gasteiger partial charge in [-0.25, -0.2) is 4.79 Å². The van der Waals surface area contributed by atoms with Crippen molar-refractivity contribution >= 4 is 11.8 Å². The molecule has 1 unspecified atom stereocenters. The van der Waals surface area contributed by atoms with Gasteiger partial charge < -0.3 is 14.7 Å². The van der Waals surface area contributed by atoms with E-state index in [2.05, 4.69) is 43.2 Å². The van der Waals surface area contributed by atoms with Gasteiger partial charge in [0.1, 0.15) is 0 Å². The molecule has 1 spiro atoms. The molecule has 0 aromatic carbocycles. The van der Waals surface area contributed by atoms with E-state index in [1.54, 1.807) is 0 Å². The summed E-state index contributed by atoms with van der Waals surface area (Å²) in [4.78, 5) is 18.3. The maximum atomic E-state index is 10.6. The largest absolute Gasteiger partial charge is 0.490 e. The van der Waals surface area contributed by atoms with Gasteiger partial charge in [0.25, 0.3) is 0 Å². The molecule has 33 heavy (non-hydrogen) atoms. The topological polar surface area (TPSA) is 91.7 Å². The minimum absolute atomic E-state index is 0.149. The summed E-state index contributed by atoms with van der Waals surface area (Å²) in [6, 6.07) is 10.3. The molecule has 0 radical (unpaired) electrons. The Bertz CT molecular complexity index is 898. The average Bonchev–Trinajstić information content (AvgIpc) is 2.96. The number of hydrogen-bond acceptors (Lipinski definition) is 7. The zero-order chi connectivity index (χ0) is 23.9. The number of pyridine rings is 1. The molecule has 8 nitrogen and oxygen atoms in total. The van der Waals surface area contributed by atoms with Gasteiger partial charge >= 0.3 is 12.1 Å². The Labute approximate surface area is 190 Å². The van der Waals surface area contributed by atoms with Crippen molar-refractivity contribution in [3.8, 4) is 0 Å². The van der Waals surface area contributed by atoms with Crippen molar-refractivity contribution in [3.63, 3.8) is 0 Å². The SMILES string of the molecule is Cc1ccc(N2CCCC3(COCCN(Cc4ccccn4)C3)C2)nn1.O=C(O)C(F)(F)F. The molecule has 0 bridgehead atoms. The fraction of sp³-hybridized carbons (Fsp3) is 0.545. The first-order valence-corrected chi connectivity index (χ1v) is 10.7. The Balaban J connectivity index is 0.000000383. The van der Waals surface area contributed by atoms with Crippen LogP contribution in [0.15, 0.2) is 36.5 Å². The molecule has 1 atom stereocenters. The highest BCUT2D eigenvalue weighted by Gasteiger charge is 2.39. The molecule has 4 rings (SSSR count). The molecule has 2 fully saturated rings. The van der Waals surface area contributed by atoms with Crippen LogP contribution in [0.25, 0.3) is 0 Å². The van der Waals surface area contributed by atoms with Gasteiger partial charge in [-0.3, -0.25) is 9.88 Å². The van der Waals surface area contributed by atoms with Crippen LogP contribution >= 0.6 is 0 Å². The predicted molar refractivity (Wildman–Crippen MR) is 115 cm³/mol. The summed E-state index contributed by atoms with van der Waals surface area (Å²) in [6.07, 6.45) is -0.852. The first-order chi connectivity index (χ1) is 15.7. The van der Waals surface area contributed by atoms with E-state index in [9.17, 15) is 13.2 Å². The third kappa shape index (κ3) is 7.36. The van der Waals surface area contributed by atoms with Crippen molar-refractivity contribution in [3.05, 3.63) is 47.9 Å². The molecule has 2 aromatic rings. The van der Waals surface area contributed by atoms with Gasteiger partial charge in [-0.2, -0.15) is 18.3 Å². The smallest absolute Gasteiger partial charge is 0.475 e. The number of carboxylic acid groups (broad SMARTS) is 1. The molecule has 0 aliphatic carbocycles. The third-order valence-corrected chi connectivity index (χ3v) is 5.64. The molecular formula is C22H28F3N5O3. The number of hydrogen-bond donors (Lipinski definition) is 1. The number of aryl methyl sites for hydroxylation is 1. The monoisotopic (exact) mass is 467 g/mol. The lowest BCUT2D eigenvalue weighted by Gasteiger charge is -2.44. The van der Waals surface area contributed by atoms with Crippen LogP contribution in [0.4, 0.5) is 19.0 Å². The molecule has 11 heteroatoms. The second-order valence-corrected chi connectivity index (χ2v) is 8.45. The number of aliphatic carboxylic acids is 1. The minimum atomic E-state index is -5.08. The van der Waals surface area contributed by atoms with E-state index >= 15 is 0 Å². The lowest BCUT2D eigenvalue weighted by molar-refractivity contribution is -0.192. The molecule has 0 amide bonds. The normalized spacial score (nSPS) is 21.8. The molecule has 4 heterocycles. The van der Waals surface area contributed by atoms with E-state index in [-0.39, 0.29) is 5.41 Å². The van der Waals surface area contributed by atoms with Gasteiger partial charge in [0.2, 0.25) is 0 Å². The quantitative estimate of drug-likeness (QED) is 0.737. The number of piperidine rings is 1.